The minimum atomic E-state index is -0.413. The van der Waals surface area contributed by atoms with Crippen molar-refractivity contribution < 1.29 is 9.66 Å². The van der Waals surface area contributed by atoms with Crippen molar-refractivity contribution in [2.24, 2.45) is 0 Å². The fourth-order valence-corrected chi connectivity index (χ4v) is 2.23. The van der Waals surface area contributed by atoms with Crippen LogP contribution in [0.2, 0.25) is 0 Å². The van der Waals surface area contributed by atoms with E-state index in [9.17, 15) is 10.1 Å². The molecule has 104 valence electrons. The Bertz CT molecular complexity index is 598. The number of rotatable bonds is 5. The number of hydrogen-bond donors (Lipinski definition) is 0. The Balaban J connectivity index is 2.10. The lowest BCUT2D eigenvalue weighted by Gasteiger charge is -2.11. The van der Waals surface area contributed by atoms with Crippen molar-refractivity contribution in [1.82, 2.24) is 0 Å². The van der Waals surface area contributed by atoms with Gasteiger partial charge in [-0.3, -0.25) is 10.1 Å². The van der Waals surface area contributed by atoms with Crippen LogP contribution < -0.4 is 4.74 Å². The second-order valence-corrected chi connectivity index (χ2v) is 4.90. The molecule has 0 N–H and O–H groups in total. The molecule has 20 heavy (non-hydrogen) atoms. The zero-order chi connectivity index (χ0) is 14.5. The Labute approximate surface area is 122 Å². The number of nitro benzene ring substituents is 1. The summed E-state index contributed by atoms with van der Waals surface area (Å²) in [5.41, 5.74) is 2.00. The highest BCUT2D eigenvalue weighted by Gasteiger charge is 2.11. The predicted octanol–water partition coefficient (Wildman–Crippen LogP) is 4.13. The van der Waals surface area contributed by atoms with E-state index in [2.05, 4.69) is 0 Å². The second kappa shape index (κ2) is 6.39. The Morgan fingerprint density at radius 3 is 2.55 bits per heavy atom. The first-order chi connectivity index (χ1) is 9.60. The summed E-state index contributed by atoms with van der Waals surface area (Å²) in [6.07, 6.45) is 0.604. The summed E-state index contributed by atoms with van der Waals surface area (Å²) in [5.74, 6) is 0.761. The van der Waals surface area contributed by atoms with Crippen LogP contribution in [0.5, 0.6) is 5.75 Å². The third-order valence-electron chi connectivity index (χ3n) is 3.02. The van der Waals surface area contributed by atoms with Crippen LogP contribution in [0.25, 0.3) is 0 Å². The largest absolute Gasteiger partial charge is 0.497 e. The maximum atomic E-state index is 10.6. The SMILES string of the molecule is COc1cccc(C(Cl)Cc2ccc([N+](=O)[O-])cc2)c1. The summed E-state index contributed by atoms with van der Waals surface area (Å²) in [4.78, 5) is 10.2. The van der Waals surface area contributed by atoms with Gasteiger partial charge in [0.25, 0.3) is 5.69 Å². The van der Waals surface area contributed by atoms with E-state index in [0.29, 0.717) is 6.42 Å². The number of halogens is 1. The van der Waals surface area contributed by atoms with Gasteiger partial charge in [0.15, 0.2) is 0 Å². The highest BCUT2D eigenvalue weighted by atomic mass is 35.5. The molecule has 1 unspecified atom stereocenters. The van der Waals surface area contributed by atoms with Crippen LogP contribution >= 0.6 is 11.6 Å². The van der Waals surface area contributed by atoms with E-state index in [0.717, 1.165) is 16.9 Å². The van der Waals surface area contributed by atoms with Gasteiger partial charge in [-0.05, 0) is 29.7 Å². The minimum absolute atomic E-state index is 0.0845. The van der Waals surface area contributed by atoms with Crippen LogP contribution in [-0.4, -0.2) is 12.0 Å². The Kier molecular flexibility index (Phi) is 4.58. The first kappa shape index (κ1) is 14.3. The van der Waals surface area contributed by atoms with Crippen molar-refractivity contribution in [3.63, 3.8) is 0 Å². The molecule has 0 radical (unpaired) electrons. The summed E-state index contributed by atoms with van der Waals surface area (Å²) >= 11 is 6.38. The summed E-state index contributed by atoms with van der Waals surface area (Å²) in [6.45, 7) is 0. The number of hydrogen-bond acceptors (Lipinski definition) is 3. The molecular formula is C15H14ClNO3. The van der Waals surface area contributed by atoms with E-state index in [-0.39, 0.29) is 11.1 Å². The molecule has 2 aromatic rings. The maximum Gasteiger partial charge on any atom is 0.269 e. The minimum Gasteiger partial charge on any atom is -0.497 e. The molecular weight excluding hydrogens is 278 g/mol. The predicted molar refractivity (Wildman–Crippen MR) is 78.4 cm³/mol. The number of ether oxygens (including phenoxy) is 1. The van der Waals surface area contributed by atoms with Crippen LogP contribution in [0.3, 0.4) is 0 Å². The molecule has 1 atom stereocenters. The summed E-state index contributed by atoms with van der Waals surface area (Å²) in [5, 5.41) is 10.4. The number of methoxy groups -OCH3 is 1. The van der Waals surface area contributed by atoms with Gasteiger partial charge in [0.2, 0.25) is 0 Å². The van der Waals surface area contributed by atoms with E-state index in [1.807, 2.05) is 24.3 Å². The molecule has 0 aromatic heterocycles. The van der Waals surface area contributed by atoms with Crippen molar-refractivity contribution in [3.05, 3.63) is 69.8 Å². The number of non-ortho nitro benzene ring substituents is 1. The molecule has 0 saturated carbocycles. The van der Waals surface area contributed by atoms with E-state index >= 15 is 0 Å². The molecule has 2 aromatic carbocycles. The zero-order valence-corrected chi connectivity index (χ0v) is 11.7. The summed E-state index contributed by atoms with van der Waals surface area (Å²) in [6, 6.07) is 14.0. The Morgan fingerprint density at radius 2 is 1.95 bits per heavy atom. The number of benzene rings is 2. The van der Waals surface area contributed by atoms with Crippen LogP contribution in [0, 0.1) is 10.1 Å². The van der Waals surface area contributed by atoms with Gasteiger partial charge in [0.1, 0.15) is 5.75 Å². The fourth-order valence-electron chi connectivity index (χ4n) is 1.91. The number of nitrogens with zero attached hydrogens (tertiary/aromatic N) is 1. The first-order valence-electron chi connectivity index (χ1n) is 6.11. The number of nitro groups is 1. The van der Waals surface area contributed by atoms with Gasteiger partial charge in [-0.2, -0.15) is 0 Å². The van der Waals surface area contributed by atoms with Crippen LogP contribution in [-0.2, 0) is 6.42 Å². The van der Waals surface area contributed by atoms with E-state index in [4.69, 9.17) is 16.3 Å². The van der Waals surface area contributed by atoms with Crippen molar-refractivity contribution >= 4 is 17.3 Å². The van der Waals surface area contributed by atoms with Crippen LogP contribution in [0.1, 0.15) is 16.5 Å². The van der Waals surface area contributed by atoms with Gasteiger partial charge >= 0.3 is 0 Å². The highest BCUT2D eigenvalue weighted by Crippen LogP contribution is 2.28. The topological polar surface area (TPSA) is 52.4 Å². The molecule has 0 fully saturated rings. The van der Waals surface area contributed by atoms with E-state index in [1.54, 1.807) is 19.2 Å². The third kappa shape index (κ3) is 3.48. The molecule has 0 amide bonds. The second-order valence-electron chi connectivity index (χ2n) is 4.37. The first-order valence-corrected chi connectivity index (χ1v) is 6.55. The fraction of sp³-hybridized carbons (Fsp3) is 0.200. The average Bonchev–Trinajstić information content (AvgIpc) is 2.47. The normalized spacial score (nSPS) is 11.9. The standard InChI is InChI=1S/C15H14ClNO3/c1-20-14-4-2-3-12(10-14)15(16)9-11-5-7-13(8-6-11)17(18)19/h2-8,10,15H,9H2,1H3. The average molecular weight is 292 g/mol. The molecule has 0 heterocycles. The molecule has 4 nitrogen and oxygen atoms in total. The lowest BCUT2D eigenvalue weighted by atomic mass is 10.0. The van der Waals surface area contributed by atoms with Gasteiger partial charge < -0.3 is 4.74 Å². The lowest BCUT2D eigenvalue weighted by molar-refractivity contribution is -0.384. The van der Waals surface area contributed by atoms with Crippen molar-refractivity contribution in [2.45, 2.75) is 11.8 Å². The van der Waals surface area contributed by atoms with Crippen molar-refractivity contribution in [3.8, 4) is 5.75 Å². The molecule has 0 spiro atoms. The van der Waals surface area contributed by atoms with Gasteiger partial charge in [-0.25, -0.2) is 0 Å². The molecule has 0 aliphatic carbocycles. The Hall–Kier alpha value is -2.07. The van der Waals surface area contributed by atoms with E-state index < -0.39 is 4.92 Å². The zero-order valence-electron chi connectivity index (χ0n) is 11.0. The quantitative estimate of drug-likeness (QED) is 0.473. The smallest absolute Gasteiger partial charge is 0.269 e. The molecule has 0 aliphatic heterocycles. The third-order valence-corrected chi connectivity index (χ3v) is 3.42. The summed E-state index contributed by atoms with van der Waals surface area (Å²) in [7, 11) is 1.61. The maximum absolute atomic E-state index is 10.6. The molecule has 0 bridgehead atoms. The number of alkyl halides is 1. The Morgan fingerprint density at radius 1 is 1.25 bits per heavy atom. The van der Waals surface area contributed by atoms with Gasteiger partial charge in [-0.1, -0.05) is 24.3 Å². The lowest BCUT2D eigenvalue weighted by Crippen LogP contribution is -1.97. The molecule has 0 saturated heterocycles. The van der Waals surface area contributed by atoms with E-state index in [1.165, 1.54) is 12.1 Å². The molecule has 2 rings (SSSR count). The van der Waals surface area contributed by atoms with Gasteiger partial charge in [-0.15, -0.1) is 11.6 Å². The van der Waals surface area contributed by atoms with Crippen LogP contribution in [0.4, 0.5) is 5.69 Å². The summed E-state index contributed by atoms with van der Waals surface area (Å²) < 4.78 is 5.16. The van der Waals surface area contributed by atoms with Crippen LogP contribution in [0.15, 0.2) is 48.5 Å². The van der Waals surface area contributed by atoms with Crippen molar-refractivity contribution in [2.75, 3.05) is 7.11 Å². The van der Waals surface area contributed by atoms with Gasteiger partial charge in [0, 0.05) is 12.1 Å². The molecule has 5 heteroatoms. The van der Waals surface area contributed by atoms with Gasteiger partial charge in [0.05, 0.1) is 17.4 Å². The highest BCUT2D eigenvalue weighted by molar-refractivity contribution is 6.20. The molecule has 0 aliphatic rings. The van der Waals surface area contributed by atoms with Crippen molar-refractivity contribution in [1.29, 1.82) is 0 Å². The monoisotopic (exact) mass is 291 g/mol.